The lowest BCUT2D eigenvalue weighted by Gasteiger charge is -1.70. The van der Waals surface area contributed by atoms with Crippen LogP contribution in [0.3, 0.4) is 0 Å². The van der Waals surface area contributed by atoms with Crippen LogP contribution in [0.15, 0.2) is 0 Å². The predicted octanol–water partition coefficient (Wildman–Crippen LogP) is 0.976. The molecule has 0 heterocycles. The molecule has 64 valence electrons. The predicted molar refractivity (Wildman–Crippen MR) is 48.5 cm³/mol. The molecule has 0 saturated heterocycles. The molecular weight excluding hydrogens is 126 g/mol. The second-order valence-corrected chi connectivity index (χ2v) is 1.58. The smallest absolute Gasteiger partial charge is 0.00799 e. The third-order valence-electron chi connectivity index (χ3n) is 0.577. The van der Waals surface area contributed by atoms with Crippen LogP contribution in [0.5, 0.6) is 0 Å². The van der Waals surface area contributed by atoms with Gasteiger partial charge in [-0.1, -0.05) is 13.8 Å². The van der Waals surface area contributed by atoms with Crippen molar-refractivity contribution >= 4 is 6.72 Å². The summed E-state index contributed by atoms with van der Waals surface area (Å²) in [5, 5.41) is 5.50. The van der Waals surface area contributed by atoms with Crippen molar-refractivity contribution in [2.75, 3.05) is 13.1 Å². The number of nitrogens with one attached hydrogen (secondary N) is 1. The molecule has 0 radical (unpaired) electrons. The maximum absolute atomic E-state index is 5.50. The first-order valence-corrected chi connectivity index (χ1v) is 3.58. The van der Waals surface area contributed by atoms with Gasteiger partial charge < -0.3 is 16.9 Å². The van der Waals surface area contributed by atoms with Gasteiger partial charge in [-0.05, 0) is 32.6 Å². The molecule has 0 spiro atoms. The molecule has 3 heteroatoms. The van der Waals surface area contributed by atoms with Gasteiger partial charge >= 0.3 is 0 Å². The summed E-state index contributed by atoms with van der Waals surface area (Å²) in [5.74, 6) is 0. The van der Waals surface area contributed by atoms with Gasteiger partial charge in [0.2, 0.25) is 0 Å². The lowest BCUT2D eigenvalue weighted by atomic mass is 10.5. The standard InChI is InChI=1S/2C3H9N.CH3N/c2*1-2-3-4;1-2/h2*2-4H2,1H3;2H,1H2. The van der Waals surface area contributed by atoms with Crippen LogP contribution in [-0.4, -0.2) is 19.8 Å². The fraction of sp³-hybridized carbons (Fsp3) is 0.857. The van der Waals surface area contributed by atoms with E-state index in [4.69, 9.17) is 16.9 Å². The molecule has 0 aliphatic heterocycles. The van der Waals surface area contributed by atoms with Crippen molar-refractivity contribution in [3.63, 3.8) is 0 Å². The number of hydrogen-bond donors (Lipinski definition) is 3. The van der Waals surface area contributed by atoms with Crippen LogP contribution in [0.25, 0.3) is 0 Å². The van der Waals surface area contributed by atoms with Crippen molar-refractivity contribution in [3.05, 3.63) is 0 Å². The van der Waals surface area contributed by atoms with Gasteiger partial charge in [0.05, 0.1) is 0 Å². The first-order chi connectivity index (χ1) is 4.83. The molecular formula is C7H21N3. The Morgan fingerprint density at radius 1 is 1.00 bits per heavy atom. The van der Waals surface area contributed by atoms with Crippen molar-refractivity contribution in [2.24, 2.45) is 11.5 Å². The van der Waals surface area contributed by atoms with Gasteiger partial charge in [0.1, 0.15) is 0 Å². The zero-order valence-electron chi connectivity index (χ0n) is 7.19. The molecule has 3 nitrogen and oxygen atoms in total. The minimum atomic E-state index is 0.819. The van der Waals surface area contributed by atoms with Crippen LogP contribution in [0, 0.1) is 5.41 Å². The van der Waals surface area contributed by atoms with E-state index < -0.39 is 0 Å². The average Bonchev–Trinajstić information content (AvgIpc) is 2.08. The Balaban J connectivity index is -0.0000000787. The van der Waals surface area contributed by atoms with Crippen molar-refractivity contribution in [3.8, 4) is 0 Å². The van der Waals surface area contributed by atoms with Gasteiger partial charge in [-0.25, -0.2) is 0 Å². The number of nitrogens with two attached hydrogens (primary N) is 2. The van der Waals surface area contributed by atoms with Crippen LogP contribution in [-0.2, 0) is 0 Å². The summed E-state index contributed by atoms with van der Waals surface area (Å²) in [4.78, 5) is 0. The summed E-state index contributed by atoms with van der Waals surface area (Å²) < 4.78 is 0. The third kappa shape index (κ3) is 130. The molecule has 0 aromatic heterocycles. The highest BCUT2D eigenvalue weighted by Crippen LogP contribution is 1.57. The van der Waals surface area contributed by atoms with E-state index in [0.717, 1.165) is 25.9 Å². The molecule has 0 aliphatic carbocycles. The highest BCUT2D eigenvalue weighted by Gasteiger charge is 1.55. The van der Waals surface area contributed by atoms with Crippen LogP contribution >= 0.6 is 0 Å². The SMILES string of the molecule is C=N.CCCN.CCCN. The van der Waals surface area contributed by atoms with Gasteiger partial charge in [0.25, 0.3) is 0 Å². The highest BCUT2D eigenvalue weighted by molar-refractivity contribution is 5.15. The minimum absolute atomic E-state index is 0.819. The summed E-state index contributed by atoms with van der Waals surface area (Å²) in [5.41, 5.74) is 10.1. The third-order valence-corrected chi connectivity index (χ3v) is 0.577. The second kappa shape index (κ2) is 38.4. The van der Waals surface area contributed by atoms with Gasteiger partial charge in [-0.15, -0.1) is 0 Å². The van der Waals surface area contributed by atoms with Gasteiger partial charge in [0, 0.05) is 0 Å². The Morgan fingerprint density at radius 3 is 1.10 bits per heavy atom. The Bertz CT molecular complexity index is 24.0. The largest absolute Gasteiger partial charge is 0.330 e. The summed E-state index contributed by atoms with van der Waals surface area (Å²) in [7, 11) is 0. The monoisotopic (exact) mass is 147 g/mol. The van der Waals surface area contributed by atoms with Gasteiger partial charge in [-0.2, -0.15) is 0 Å². The molecule has 0 bridgehead atoms. The molecule has 10 heavy (non-hydrogen) atoms. The Kier molecular flexibility index (Phi) is 62.6. The summed E-state index contributed by atoms with van der Waals surface area (Å²) >= 11 is 0. The molecule has 0 saturated carbocycles. The maximum atomic E-state index is 5.50. The molecule has 0 aliphatic rings. The van der Waals surface area contributed by atoms with E-state index in [-0.39, 0.29) is 0 Å². The van der Waals surface area contributed by atoms with E-state index in [0.29, 0.717) is 0 Å². The summed E-state index contributed by atoms with van der Waals surface area (Å²) in [6.45, 7) is 8.25. The van der Waals surface area contributed by atoms with Crippen LogP contribution < -0.4 is 11.5 Å². The summed E-state index contributed by atoms with van der Waals surface area (Å²) in [6, 6.07) is 0. The maximum Gasteiger partial charge on any atom is -0.00799 e. The van der Waals surface area contributed by atoms with Crippen molar-refractivity contribution < 1.29 is 0 Å². The molecule has 0 amide bonds. The second-order valence-electron chi connectivity index (χ2n) is 1.58. The van der Waals surface area contributed by atoms with E-state index >= 15 is 0 Å². The first-order valence-electron chi connectivity index (χ1n) is 3.58. The topological polar surface area (TPSA) is 75.9 Å². The Labute approximate surface area is 64.3 Å². The summed E-state index contributed by atoms with van der Waals surface area (Å²) in [6.07, 6.45) is 2.19. The zero-order chi connectivity index (χ0) is 8.83. The van der Waals surface area contributed by atoms with Crippen molar-refractivity contribution in [1.82, 2.24) is 0 Å². The molecule has 0 atom stereocenters. The Morgan fingerprint density at radius 2 is 1.10 bits per heavy atom. The van der Waals surface area contributed by atoms with Gasteiger partial charge in [0.15, 0.2) is 0 Å². The molecule has 0 unspecified atom stereocenters. The molecule has 0 aromatic carbocycles. The van der Waals surface area contributed by atoms with E-state index in [9.17, 15) is 0 Å². The highest BCUT2D eigenvalue weighted by atomic mass is 14.5. The van der Waals surface area contributed by atoms with E-state index in [1.54, 1.807) is 0 Å². The van der Waals surface area contributed by atoms with Gasteiger partial charge in [-0.3, -0.25) is 0 Å². The number of rotatable bonds is 2. The van der Waals surface area contributed by atoms with E-state index in [1.165, 1.54) is 0 Å². The molecule has 5 N–H and O–H groups in total. The van der Waals surface area contributed by atoms with Crippen LogP contribution in [0.4, 0.5) is 0 Å². The first kappa shape index (κ1) is 16.3. The van der Waals surface area contributed by atoms with E-state index in [1.807, 2.05) is 0 Å². The lowest BCUT2D eigenvalue weighted by molar-refractivity contribution is 0.932. The lowest BCUT2D eigenvalue weighted by Crippen LogP contribution is -1.93. The van der Waals surface area contributed by atoms with Crippen molar-refractivity contribution in [2.45, 2.75) is 26.7 Å². The van der Waals surface area contributed by atoms with Crippen LogP contribution in [0.1, 0.15) is 26.7 Å². The molecule has 0 fully saturated rings. The molecule has 0 rings (SSSR count). The average molecular weight is 147 g/mol. The quantitative estimate of drug-likeness (QED) is 0.509. The van der Waals surface area contributed by atoms with Crippen molar-refractivity contribution in [1.29, 1.82) is 5.41 Å². The van der Waals surface area contributed by atoms with E-state index in [2.05, 4.69) is 20.6 Å². The fourth-order valence-corrected chi connectivity index (χ4v) is 0. The molecule has 0 aromatic rings. The fourth-order valence-electron chi connectivity index (χ4n) is 0. The minimum Gasteiger partial charge on any atom is -0.330 e. The normalized spacial score (nSPS) is 6.40. The zero-order valence-corrected chi connectivity index (χ0v) is 7.19. The Hall–Kier alpha value is -0.410. The van der Waals surface area contributed by atoms with Crippen LogP contribution in [0.2, 0.25) is 0 Å². The number of hydrogen-bond acceptors (Lipinski definition) is 3.